The minimum atomic E-state index is 0.0382. The van der Waals surface area contributed by atoms with Crippen LogP contribution in [-0.4, -0.2) is 11.7 Å². The SMILES string of the molecule is O=C(CSCc1ccccc1)Nc1ccc2ccccc2c1. The Labute approximate surface area is 134 Å². The van der Waals surface area contributed by atoms with Crippen molar-refractivity contribution in [3.63, 3.8) is 0 Å². The van der Waals surface area contributed by atoms with Gasteiger partial charge in [-0.05, 0) is 28.5 Å². The number of benzene rings is 3. The van der Waals surface area contributed by atoms with Gasteiger partial charge in [0.1, 0.15) is 0 Å². The van der Waals surface area contributed by atoms with E-state index in [1.54, 1.807) is 11.8 Å². The largest absolute Gasteiger partial charge is 0.325 e. The van der Waals surface area contributed by atoms with E-state index in [1.807, 2.05) is 48.5 Å². The average Bonchev–Trinajstić information content (AvgIpc) is 2.56. The molecule has 2 nitrogen and oxygen atoms in total. The Bertz CT molecular complexity index is 771. The molecule has 0 aliphatic carbocycles. The molecule has 0 aromatic heterocycles. The van der Waals surface area contributed by atoms with E-state index in [2.05, 4.69) is 29.6 Å². The lowest BCUT2D eigenvalue weighted by molar-refractivity contribution is -0.113. The van der Waals surface area contributed by atoms with E-state index in [0.717, 1.165) is 16.8 Å². The number of carbonyl (C=O) groups is 1. The fourth-order valence-electron chi connectivity index (χ4n) is 2.30. The number of hydrogen-bond acceptors (Lipinski definition) is 2. The van der Waals surface area contributed by atoms with Crippen LogP contribution in [0.4, 0.5) is 5.69 Å². The zero-order valence-electron chi connectivity index (χ0n) is 12.2. The fourth-order valence-corrected chi connectivity index (χ4v) is 3.09. The topological polar surface area (TPSA) is 29.1 Å². The quantitative estimate of drug-likeness (QED) is 0.739. The predicted molar refractivity (Wildman–Crippen MR) is 95.2 cm³/mol. The minimum Gasteiger partial charge on any atom is -0.325 e. The third-order valence-electron chi connectivity index (χ3n) is 3.38. The molecule has 0 fully saturated rings. The second kappa shape index (κ2) is 7.14. The Balaban J connectivity index is 1.54. The molecule has 22 heavy (non-hydrogen) atoms. The summed E-state index contributed by atoms with van der Waals surface area (Å²) >= 11 is 1.63. The number of thioether (sulfide) groups is 1. The van der Waals surface area contributed by atoms with Crippen LogP contribution in [-0.2, 0) is 10.5 Å². The van der Waals surface area contributed by atoms with E-state index in [-0.39, 0.29) is 5.91 Å². The average molecular weight is 307 g/mol. The van der Waals surface area contributed by atoms with Crippen LogP contribution < -0.4 is 5.32 Å². The maximum absolute atomic E-state index is 12.0. The summed E-state index contributed by atoms with van der Waals surface area (Å²) in [5.74, 6) is 1.35. The van der Waals surface area contributed by atoms with Crippen molar-refractivity contribution >= 4 is 34.1 Å². The lowest BCUT2D eigenvalue weighted by Crippen LogP contribution is -2.14. The molecule has 0 aliphatic heterocycles. The maximum Gasteiger partial charge on any atom is 0.234 e. The summed E-state index contributed by atoms with van der Waals surface area (Å²) in [7, 11) is 0. The van der Waals surface area contributed by atoms with Crippen molar-refractivity contribution < 1.29 is 4.79 Å². The Morgan fingerprint density at radius 3 is 2.41 bits per heavy atom. The van der Waals surface area contributed by atoms with E-state index in [0.29, 0.717) is 5.75 Å². The van der Waals surface area contributed by atoms with Crippen molar-refractivity contribution in [2.24, 2.45) is 0 Å². The van der Waals surface area contributed by atoms with Crippen LogP contribution in [0.3, 0.4) is 0 Å². The van der Waals surface area contributed by atoms with Crippen LogP contribution in [0, 0.1) is 0 Å². The normalized spacial score (nSPS) is 10.5. The molecule has 0 radical (unpaired) electrons. The summed E-state index contributed by atoms with van der Waals surface area (Å²) in [6, 6.07) is 24.3. The van der Waals surface area contributed by atoms with Crippen LogP contribution in [0.1, 0.15) is 5.56 Å². The summed E-state index contributed by atoms with van der Waals surface area (Å²) in [5, 5.41) is 5.28. The van der Waals surface area contributed by atoms with Crippen molar-refractivity contribution in [1.29, 1.82) is 0 Å². The Morgan fingerprint density at radius 2 is 1.59 bits per heavy atom. The highest BCUT2D eigenvalue weighted by Crippen LogP contribution is 2.19. The smallest absolute Gasteiger partial charge is 0.234 e. The molecule has 110 valence electrons. The van der Waals surface area contributed by atoms with Gasteiger partial charge in [-0.3, -0.25) is 4.79 Å². The van der Waals surface area contributed by atoms with Crippen LogP contribution in [0.5, 0.6) is 0 Å². The molecule has 0 unspecified atom stereocenters. The number of anilines is 1. The Morgan fingerprint density at radius 1 is 0.864 bits per heavy atom. The molecule has 0 aliphatic rings. The molecule has 0 spiro atoms. The van der Waals surface area contributed by atoms with E-state index in [4.69, 9.17) is 0 Å². The molecule has 3 aromatic rings. The minimum absolute atomic E-state index is 0.0382. The van der Waals surface area contributed by atoms with Gasteiger partial charge in [-0.1, -0.05) is 60.7 Å². The van der Waals surface area contributed by atoms with Gasteiger partial charge in [0.25, 0.3) is 0 Å². The van der Waals surface area contributed by atoms with Crippen LogP contribution in [0.15, 0.2) is 72.8 Å². The molecule has 0 atom stereocenters. The molecule has 1 amide bonds. The fraction of sp³-hybridized carbons (Fsp3) is 0.105. The molecule has 0 bridgehead atoms. The number of nitrogens with one attached hydrogen (secondary N) is 1. The van der Waals surface area contributed by atoms with Gasteiger partial charge in [-0.25, -0.2) is 0 Å². The predicted octanol–water partition coefficient (Wildman–Crippen LogP) is 4.71. The first-order chi connectivity index (χ1) is 10.8. The zero-order chi connectivity index (χ0) is 15.2. The highest BCUT2D eigenvalue weighted by molar-refractivity contribution is 7.99. The first-order valence-corrected chi connectivity index (χ1v) is 8.37. The summed E-state index contributed by atoms with van der Waals surface area (Å²) < 4.78 is 0. The maximum atomic E-state index is 12.0. The Kier molecular flexibility index (Phi) is 4.76. The molecule has 0 saturated carbocycles. The Hall–Kier alpha value is -2.26. The van der Waals surface area contributed by atoms with Gasteiger partial charge < -0.3 is 5.32 Å². The number of hydrogen-bond donors (Lipinski definition) is 1. The van der Waals surface area contributed by atoms with E-state index in [9.17, 15) is 4.79 Å². The number of amides is 1. The summed E-state index contributed by atoms with van der Waals surface area (Å²) in [5.41, 5.74) is 2.09. The van der Waals surface area contributed by atoms with Crippen LogP contribution >= 0.6 is 11.8 Å². The molecule has 3 aromatic carbocycles. The molecule has 0 saturated heterocycles. The summed E-state index contributed by atoms with van der Waals surface area (Å²) in [6.07, 6.45) is 0. The third-order valence-corrected chi connectivity index (χ3v) is 4.38. The van der Waals surface area contributed by atoms with Crippen molar-refractivity contribution in [2.75, 3.05) is 11.1 Å². The number of rotatable bonds is 5. The van der Waals surface area contributed by atoms with Gasteiger partial charge in [0.15, 0.2) is 0 Å². The number of fused-ring (bicyclic) bond motifs is 1. The van der Waals surface area contributed by atoms with Crippen molar-refractivity contribution in [3.8, 4) is 0 Å². The van der Waals surface area contributed by atoms with Gasteiger partial charge in [-0.15, -0.1) is 11.8 Å². The molecule has 3 rings (SSSR count). The first-order valence-electron chi connectivity index (χ1n) is 7.21. The van der Waals surface area contributed by atoms with Gasteiger partial charge in [0.05, 0.1) is 5.75 Å². The van der Waals surface area contributed by atoms with E-state index < -0.39 is 0 Å². The van der Waals surface area contributed by atoms with Gasteiger partial charge >= 0.3 is 0 Å². The molecule has 0 heterocycles. The van der Waals surface area contributed by atoms with Gasteiger partial charge in [0.2, 0.25) is 5.91 Å². The van der Waals surface area contributed by atoms with Crippen molar-refractivity contribution in [1.82, 2.24) is 0 Å². The lowest BCUT2D eigenvalue weighted by Gasteiger charge is -2.07. The summed E-state index contributed by atoms with van der Waals surface area (Å²) in [6.45, 7) is 0. The van der Waals surface area contributed by atoms with Crippen LogP contribution in [0.25, 0.3) is 10.8 Å². The molecular formula is C19H17NOS. The van der Waals surface area contributed by atoms with Crippen molar-refractivity contribution in [3.05, 3.63) is 78.4 Å². The van der Waals surface area contributed by atoms with Gasteiger partial charge in [0, 0.05) is 11.4 Å². The lowest BCUT2D eigenvalue weighted by atomic mass is 10.1. The summed E-state index contributed by atoms with van der Waals surface area (Å²) in [4.78, 5) is 12.0. The zero-order valence-corrected chi connectivity index (χ0v) is 13.0. The van der Waals surface area contributed by atoms with E-state index >= 15 is 0 Å². The number of carbonyl (C=O) groups excluding carboxylic acids is 1. The van der Waals surface area contributed by atoms with Gasteiger partial charge in [-0.2, -0.15) is 0 Å². The molecular weight excluding hydrogens is 290 g/mol. The van der Waals surface area contributed by atoms with E-state index in [1.165, 1.54) is 10.9 Å². The first kappa shape index (κ1) is 14.7. The molecule has 1 N–H and O–H groups in total. The second-order valence-corrected chi connectivity index (χ2v) is 6.07. The molecule has 3 heteroatoms. The highest BCUT2D eigenvalue weighted by atomic mass is 32.2. The second-order valence-electron chi connectivity index (χ2n) is 5.09. The standard InChI is InChI=1S/C19H17NOS/c21-19(14-22-13-15-6-2-1-3-7-15)20-18-11-10-16-8-4-5-9-17(16)12-18/h1-12H,13-14H2,(H,20,21). The van der Waals surface area contributed by atoms with Crippen molar-refractivity contribution in [2.45, 2.75) is 5.75 Å². The highest BCUT2D eigenvalue weighted by Gasteiger charge is 2.03. The van der Waals surface area contributed by atoms with Crippen LogP contribution in [0.2, 0.25) is 0 Å². The monoisotopic (exact) mass is 307 g/mol. The third kappa shape index (κ3) is 3.89.